The normalized spacial score (nSPS) is 12.8. The quantitative estimate of drug-likeness (QED) is 0.674. The van der Waals surface area contributed by atoms with Crippen molar-refractivity contribution in [1.82, 2.24) is 15.5 Å². The van der Waals surface area contributed by atoms with E-state index in [1.54, 1.807) is 7.05 Å². The van der Waals surface area contributed by atoms with Crippen molar-refractivity contribution in [3.63, 3.8) is 0 Å². The Balaban J connectivity index is 2.61. The molecule has 0 fully saturated rings. The fraction of sp³-hybridized carbons (Fsp3) is 0.700. The van der Waals surface area contributed by atoms with E-state index in [4.69, 9.17) is 4.42 Å². The van der Waals surface area contributed by atoms with Gasteiger partial charge < -0.3 is 14.6 Å². The average Bonchev–Trinajstić information content (AvgIpc) is 2.75. The summed E-state index contributed by atoms with van der Waals surface area (Å²) in [7, 11) is 5.70. The summed E-state index contributed by atoms with van der Waals surface area (Å²) in [6.45, 7) is 2.08. The molecule has 0 spiro atoms. The highest BCUT2D eigenvalue weighted by Crippen LogP contribution is 2.19. The van der Waals surface area contributed by atoms with Gasteiger partial charge in [-0.25, -0.2) is 0 Å². The van der Waals surface area contributed by atoms with Crippen LogP contribution in [0, 0.1) is 0 Å². The van der Waals surface area contributed by atoms with E-state index in [1.807, 2.05) is 0 Å². The van der Waals surface area contributed by atoms with Gasteiger partial charge in [0.05, 0.1) is 19.8 Å². The van der Waals surface area contributed by atoms with Crippen LogP contribution in [0.3, 0.4) is 0 Å². The molecule has 6 nitrogen and oxygen atoms in total. The Labute approximate surface area is 105 Å². The minimum Gasteiger partial charge on any atom is -0.410 e. The van der Waals surface area contributed by atoms with Crippen LogP contribution in [0.5, 0.6) is 0 Å². The fourth-order valence-corrected chi connectivity index (χ4v) is 2.09. The third kappa shape index (κ3) is 4.01. The van der Waals surface area contributed by atoms with E-state index in [0.29, 0.717) is 16.9 Å². The molecule has 1 aromatic heterocycles. The Bertz CT molecular complexity index is 367. The first-order valence-corrected chi connectivity index (χ1v) is 6.53. The zero-order chi connectivity index (χ0) is 12.8. The summed E-state index contributed by atoms with van der Waals surface area (Å²) >= 11 is 1.25. The minimum atomic E-state index is -0.0555. The molecule has 1 heterocycles. The number of nitrogens with one attached hydrogen (secondary N) is 2. The number of quaternary nitrogens is 1. The molecule has 0 aliphatic carbocycles. The van der Waals surface area contributed by atoms with Crippen LogP contribution in [-0.4, -0.2) is 43.0 Å². The van der Waals surface area contributed by atoms with Crippen molar-refractivity contribution < 1.29 is 14.1 Å². The number of hydrogen-bond donors (Lipinski definition) is 2. The second kappa shape index (κ2) is 6.61. The molecule has 0 saturated carbocycles. The number of hydrogen-bond acceptors (Lipinski definition) is 5. The molecule has 96 valence electrons. The van der Waals surface area contributed by atoms with Gasteiger partial charge in [0.1, 0.15) is 0 Å². The predicted octanol–water partition coefficient (Wildman–Crippen LogP) is -0.497. The van der Waals surface area contributed by atoms with Crippen LogP contribution in [0.25, 0.3) is 0 Å². The van der Waals surface area contributed by atoms with E-state index in [0.717, 1.165) is 6.42 Å². The zero-order valence-corrected chi connectivity index (χ0v) is 11.4. The first kappa shape index (κ1) is 14.0. The number of amides is 1. The second-order valence-electron chi connectivity index (χ2n) is 3.91. The van der Waals surface area contributed by atoms with Gasteiger partial charge >= 0.3 is 0 Å². The molecule has 1 amide bonds. The third-order valence-corrected chi connectivity index (χ3v) is 3.25. The van der Waals surface area contributed by atoms with Crippen molar-refractivity contribution in [2.24, 2.45) is 0 Å². The van der Waals surface area contributed by atoms with Gasteiger partial charge in [-0.05, 0) is 0 Å². The van der Waals surface area contributed by atoms with Gasteiger partial charge in [-0.1, -0.05) is 18.7 Å². The molecule has 0 bridgehead atoms. The molecule has 17 heavy (non-hydrogen) atoms. The highest BCUT2D eigenvalue weighted by Gasteiger charge is 2.22. The van der Waals surface area contributed by atoms with Gasteiger partial charge in [-0.3, -0.25) is 4.79 Å². The fourth-order valence-electron chi connectivity index (χ4n) is 1.45. The van der Waals surface area contributed by atoms with Crippen molar-refractivity contribution in [2.75, 3.05) is 26.9 Å². The van der Waals surface area contributed by atoms with Crippen molar-refractivity contribution in [1.29, 1.82) is 0 Å². The molecule has 2 N–H and O–H groups in total. The maximum atomic E-state index is 11.1. The number of carbonyl (C=O) groups is 1. The van der Waals surface area contributed by atoms with E-state index >= 15 is 0 Å². The monoisotopic (exact) mass is 259 g/mol. The summed E-state index contributed by atoms with van der Waals surface area (Å²) < 4.78 is 5.53. The molecular weight excluding hydrogens is 240 g/mol. The van der Waals surface area contributed by atoms with E-state index in [1.165, 1.54) is 16.7 Å². The number of rotatable bonds is 6. The smallest absolute Gasteiger partial charge is 0.277 e. The molecule has 7 heteroatoms. The first-order chi connectivity index (χ1) is 8.08. The number of carbonyl (C=O) groups excluding carboxylic acids is 1. The van der Waals surface area contributed by atoms with Crippen molar-refractivity contribution in [3.05, 3.63) is 5.89 Å². The van der Waals surface area contributed by atoms with Gasteiger partial charge in [-0.2, -0.15) is 0 Å². The molecule has 0 aliphatic rings. The van der Waals surface area contributed by atoms with E-state index in [-0.39, 0.29) is 11.9 Å². The van der Waals surface area contributed by atoms with Crippen LogP contribution < -0.4 is 10.2 Å². The van der Waals surface area contributed by atoms with Crippen LogP contribution >= 0.6 is 11.8 Å². The second-order valence-corrected chi connectivity index (χ2v) is 4.83. The number of nitrogens with zero attached hydrogens (tertiary/aromatic N) is 2. The Kier molecular flexibility index (Phi) is 5.43. The van der Waals surface area contributed by atoms with Gasteiger partial charge in [0.25, 0.3) is 11.1 Å². The van der Waals surface area contributed by atoms with E-state index < -0.39 is 0 Å². The van der Waals surface area contributed by atoms with Gasteiger partial charge in [0.2, 0.25) is 5.91 Å². The Hall–Kier alpha value is -1.08. The van der Waals surface area contributed by atoms with Gasteiger partial charge in [0, 0.05) is 13.5 Å². The van der Waals surface area contributed by atoms with Crippen molar-refractivity contribution in [2.45, 2.75) is 24.6 Å². The molecule has 1 rings (SSSR count). The molecular formula is C10H19N4O2S+. The third-order valence-electron chi connectivity index (χ3n) is 2.43. The summed E-state index contributed by atoms with van der Waals surface area (Å²) in [6.07, 6.45) is 0.935. The standard InChI is InChI=1S/C10H18N4O2S/c1-5-7(14(3)4)9-12-13-10(16-9)17-6-8(15)11-2/h7H,5-6H2,1-4H3,(H,11,15)/p+1/t7-/m1/s1. The lowest BCUT2D eigenvalue weighted by molar-refractivity contribution is -0.894. The summed E-state index contributed by atoms with van der Waals surface area (Å²) in [4.78, 5) is 12.3. The van der Waals surface area contributed by atoms with Crippen LogP contribution in [0.15, 0.2) is 9.64 Å². The van der Waals surface area contributed by atoms with Crippen LogP contribution in [0.4, 0.5) is 0 Å². The average molecular weight is 259 g/mol. The van der Waals surface area contributed by atoms with Gasteiger partial charge in [0.15, 0.2) is 6.04 Å². The minimum absolute atomic E-state index is 0.0555. The summed E-state index contributed by atoms with van der Waals surface area (Å²) in [5.74, 6) is 0.871. The topological polar surface area (TPSA) is 72.5 Å². The summed E-state index contributed by atoms with van der Waals surface area (Å²) in [6, 6.07) is 0.205. The number of thioether (sulfide) groups is 1. The molecule has 0 aromatic carbocycles. The van der Waals surface area contributed by atoms with E-state index in [9.17, 15) is 4.79 Å². The first-order valence-electron chi connectivity index (χ1n) is 5.55. The SMILES string of the molecule is CC[C@H](c1nnc(SCC(=O)NC)o1)[NH+](C)C. The van der Waals surface area contributed by atoms with Gasteiger partial charge in [-0.15, -0.1) is 10.2 Å². The van der Waals surface area contributed by atoms with Crippen LogP contribution in [0.1, 0.15) is 25.3 Å². The highest BCUT2D eigenvalue weighted by molar-refractivity contribution is 7.99. The summed E-state index contributed by atoms with van der Waals surface area (Å²) in [5, 5.41) is 10.9. The van der Waals surface area contributed by atoms with Crippen LogP contribution in [-0.2, 0) is 4.79 Å². The lowest BCUT2D eigenvalue weighted by Crippen LogP contribution is -3.06. The maximum absolute atomic E-state index is 11.1. The number of aromatic nitrogens is 2. The van der Waals surface area contributed by atoms with Crippen molar-refractivity contribution >= 4 is 17.7 Å². The Morgan fingerprint density at radius 1 is 1.53 bits per heavy atom. The zero-order valence-electron chi connectivity index (χ0n) is 10.6. The maximum Gasteiger partial charge on any atom is 0.277 e. The molecule has 0 aliphatic heterocycles. The molecule has 0 radical (unpaired) electrons. The molecule has 1 atom stereocenters. The Morgan fingerprint density at radius 2 is 2.24 bits per heavy atom. The van der Waals surface area contributed by atoms with Crippen molar-refractivity contribution in [3.8, 4) is 0 Å². The Morgan fingerprint density at radius 3 is 2.76 bits per heavy atom. The van der Waals surface area contributed by atoms with Crippen LogP contribution in [0.2, 0.25) is 0 Å². The lowest BCUT2D eigenvalue weighted by Gasteiger charge is -2.15. The molecule has 0 unspecified atom stereocenters. The molecule has 0 saturated heterocycles. The highest BCUT2D eigenvalue weighted by atomic mass is 32.2. The lowest BCUT2D eigenvalue weighted by atomic mass is 10.2. The summed E-state index contributed by atoms with van der Waals surface area (Å²) in [5.41, 5.74) is 0. The largest absolute Gasteiger partial charge is 0.410 e. The molecule has 1 aromatic rings. The predicted molar refractivity (Wildman–Crippen MR) is 64.9 cm³/mol. The van der Waals surface area contributed by atoms with E-state index in [2.05, 4.69) is 36.5 Å².